The predicted molar refractivity (Wildman–Crippen MR) is 135 cm³/mol. The normalized spacial score (nSPS) is 11.1. The van der Waals surface area contributed by atoms with Gasteiger partial charge < -0.3 is 9.67 Å². The van der Waals surface area contributed by atoms with E-state index < -0.39 is 0 Å². The molecule has 2 aromatic heterocycles. The number of nitrogens with zero attached hydrogens (tertiary/aromatic N) is 2. The zero-order valence-electron chi connectivity index (χ0n) is 18.5. The third-order valence-electron chi connectivity index (χ3n) is 5.19. The van der Waals surface area contributed by atoms with Gasteiger partial charge in [0.15, 0.2) is 0 Å². The summed E-state index contributed by atoms with van der Waals surface area (Å²) in [7, 11) is 2.14. The maximum atomic E-state index is 8.40. The molecule has 5 aromatic rings. The molecule has 0 aliphatic carbocycles. The molecule has 6 heteroatoms. The number of carbonyl (C=O) groups excluding carboxylic acids is 1. The molecule has 0 amide bonds. The van der Waals surface area contributed by atoms with E-state index in [4.69, 9.17) is 9.90 Å². The molecular weight excluding hydrogens is 609 g/mol. The number of allylic oxidation sites excluding steroid dienone is 2. The topological polar surface area (TPSA) is 59.4 Å². The van der Waals surface area contributed by atoms with E-state index in [0.29, 0.717) is 0 Å². The SMILES string of the molecule is CC(=[OH+])/C=C(/C)O.Cn1c2cccc(-c3c[c-]ccc3)c2c2c(-c3cncs3)cccc21.[Ir]. The minimum absolute atomic E-state index is 0. The van der Waals surface area contributed by atoms with Crippen LogP contribution in [0.15, 0.2) is 84.2 Å². The van der Waals surface area contributed by atoms with Crippen molar-refractivity contribution in [3.05, 3.63) is 90.3 Å². The first-order chi connectivity index (χ1) is 15.5. The van der Waals surface area contributed by atoms with Crippen molar-refractivity contribution < 1.29 is 30.0 Å². The van der Waals surface area contributed by atoms with Gasteiger partial charge in [0.25, 0.3) is 0 Å². The zero-order valence-corrected chi connectivity index (χ0v) is 21.7. The Bertz CT molecular complexity index is 1420. The van der Waals surface area contributed by atoms with E-state index in [1.54, 1.807) is 11.3 Å². The van der Waals surface area contributed by atoms with Crippen LogP contribution < -0.4 is 0 Å². The van der Waals surface area contributed by atoms with Gasteiger partial charge in [0, 0.05) is 60.7 Å². The van der Waals surface area contributed by atoms with E-state index in [9.17, 15) is 0 Å². The zero-order chi connectivity index (χ0) is 22.7. The van der Waals surface area contributed by atoms with E-state index in [0.717, 1.165) is 0 Å². The van der Waals surface area contributed by atoms with Gasteiger partial charge in [0.2, 0.25) is 0 Å². The summed E-state index contributed by atoms with van der Waals surface area (Å²) >= 11 is 1.68. The second-order valence-electron chi connectivity index (χ2n) is 7.54. The number of hydrogen-bond acceptors (Lipinski definition) is 3. The molecule has 33 heavy (non-hydrogen) atoms. The number of ketones is 1. The van der Waals surface area contributed by atoms with Gasteiger partial charge in [-0.25, -0.2) is 0 Å². The molecule has 3 aromatic carbocycles. The van der Waals surface area contributed by atoms with Crippen molar-refractivity contribution in [2.45, 2.75) is 13.8 Å². The number of aliphatic hydroxyl groups is 1. The molecule has 2 N–H and O–H groups in total. The van der Waals surface area contributed by atoms with Crippen LogP contribution in [0.5, 0.6) is 0 Å². The van der Waals surface area contributed by atoms with Gasteiger partial charge in [0.1, 0.15) is 0 Å². The Morgan fingerprint density at radius 1 is 1.03 bits per heavy atom. The Morgan fingerprint density at radius 3 is 2.21 bits per heavy atom. The molecule has 4 nitrogen and oxygen atoms in total. The van der Waals surface area contributed by atoms with Crippen LogP contribution in [0.25, 0.3) is 43.4 Å². The average molecular weight is 633 g/mol. The summed E-state index contributed by atoms with van der Waals surface area (Å²) in [6, 6.07) is 24.5. The van der Waals surface area contributed by atoms with Gasteiger partial charge in [-0.3, -0.25) is 9.78 Å². The monoisotopic (exact) mass is 633 g/mol. The van der Waals surface area contributed by atoms with Crippen LogP contribution in [-0.4, -0.2) is 25.2 Å². The number of thiazole rings is 1. The second-order valence-corrected chi connectivity index (χ2v) is 8.43. The summed E-state index contributed by atoms with van der Waals surface area (Å²) in [6.07, 6.45) is 3.23. The van der Waals surface area contributed by atoms with Gasteiger partial charge in [-0.1, -0.05) is 29.8 Å². The summed E-state index contributed by atoms with van der Waals surface area (Å²) < 4.78 is 2.28. The third-order valence-corrected chi connectivity index (χ3v) is 6.00. The Hall–Kier alpha value is -3.05. The summed E-state index contributed by atoms with van der Waals surface area (Å²) in [6.45, 7) is 3.00. The Labute approximate surface area is 210 Å². The van der Waals surface area contributed by atoms with Crippen LogP contribution in [0.4, 0.5) is 0 Å². The van der Waals surface area contributed by atoms with Crippen molar-refractivity contribution in [2.75, 3.05) is 0 Å². The molecular formula is C27H24IrN2O2S. The standard InChI is InChI=1S/C22H15N2S.C5H8O2.Ir/c1-24-18-11-5-9-16(15-7-3-2-4-8-15)21(18)22-17(10-6-12-19(22)24)20-13-23-14-25-20;1-4(6)3-5(2)7;/h2-3,5-14H,1H3;3,6H,1-2H3;/q-1;;/p+1/b;4-3-;. The molecule has 0 saturated carbocycles. The van der Waals surface area contributed by atoms with Crippen molar-refractivity contribution in [2.24, 2.45) is 7.05 Å². The fourth-order valence-corrected chi connectivity index (χ4v) is 4.61. The molecule has 0 unspecified atom stereocenters. The molecule has 2 heterocycles. The molecule has 0 aliphatic rings. The number of aromatic nitrogens is 2. The van der Waals surface area contributed by atoms with Crippen molar-refractivity contribution in [3.8, 4) is 21.6 Å². The summed E-state index contributed by atoms with van der Waals surface area (Å²) in [5.74, 6) is 0.250. The Balaban J connectivity index is 0.000000337. The Morgan fingerprint density at radius 2 is 1.70 bits per heavy atom. The van der Waals surface area contributed by atoms with Crippen LogP contribution in [0.1, 0.15) is 13.8 Å². The quantitative estimate of drug-likeness (QED) is 0.102. The third kappa shape index (κ3) is 5.14. The number of hydrogen-bond donors (Lipinski definition) is 1. The van der Waals surface area contributed by atoms with Gasteiger partial charge in [-0.2, -0.15) is 30.3 Å². The minimum Gasteiger partial charge on any atom is -0.512 e. The second kappa shape index (κ2) is 10.7. The predicted octanol–water partition coefficient (Wildman–Crippen LogP) is 6.93. The smallest absolute Gasteiger partial charge is 0.316 e. The fourth-order valence-electron chi connectivity index (χ4n) is 3.95. The fraction of sp³-hybridized carbons (Fsp3) is 0.111. The summed E-state index contributed by atoms with van der Waals surface area (Å²) in [5.41, 5.74) is 8.07. The maximum absolute atomic E-state index is 8.40. The number of aliphatic hydroxyl groups excluding tert-OH is 1. The van der Waals surface area contributed by atoms with E-state index in [1.807, 2.05) is 23.8 Å². The first kappa shape index (κ1) is 24.6. The van der Waals surface area contributed by atoms with Gasteiger partial charge in [0.05, 0.1) is 29.1 Å². The first-order valence-electron chi connectivity index (χ1n) is 10.2. The average Bonchev–Trinajstić information content (AvgIpc) is 3.41. The van der Waals surface area contributed by atoms with Crippen molar-refractivity contribution >= 4 is 38.9 Å². The van der Waals surface area contributed by atoms with E-state index >= 15 is 0 Å². The van der Waals surface area contributed by atoms with Crippen LogP contribution in [0.2, 0.25) is 0 Å². The largest absolute Gasteiger partial charge is 0.512 e. The van der Waals surface area contributed by atoms with Crippen LogP contribution in [-0.2, 0) is 27.2 Å². The Kier molecular flexibility index (Phi) is 7.98. The van der Waals surface area contributed by atoms with Gasteiger partial charge in [-0.05, 0) is 19.1 Å². The van der Waals surface area contributed by atoms with Crippen molar-refractivity contribution in [1.29, 1.82) is 0 Å². The van der Waals surface area contributed by atoms with Crippen LogP contribution in [0, 0.1) is 6.07 Å². The van der Waals surface area contributed by atoms with Crippen LogP contribution in [0.3, 0.4) is 0 Å². The van der Waals surface area contributed by atoms with Gasteiger partial charge >= 0.3 is 5.78 Å². The number of rotatable bonds is 3. The summed E-state index contributed by atoms with van der Waals surface area (Å²) in [4.78, 5) is 13.9. The van der Waals surface area contributed by atoms with Crippen molar-refractivity contribution in [3.63, 3.8) is 0 Å². The molecule has 0 aliphatic heterocycles. The minimum atomic E-state index is 0. The molecule has 5 rings (SSSR count). The number of benzene rings is 3. The van der Waals surface area contributed by atoms with E-state index in [-0.39, 0.29) is 31.6 Å². The number of aryl methyl sites for hydroxylation is 1. The first-order valence-corrected chi connectivity index (χ1v) is 11.1. The van der Waals surface area contributed by atoms with Gasteiger partial charge in [-0.15, -0.1) is 16.9 Å². The van der Waals surface area contributed by atoms with E-state index in [1.165, 1.54) is 63.3 Å². The van der Waals surface area contributed by atoms with Crippen molar-refractivity contribution in [1.82, 2.24) is 9.55 Å². The molecule has 1 radical (unpaired) electrons. The molecule has 0 bridgehead atoms. The molecule has 169 valence electrons. The molecule has 0 spiro atoms. The molecule has 0 saturated heterocycles. The van der Waals surface area contributed by atoms with E-state index in [2.05, 4.69) is 71.2 Å². The molecule has 0 atom stereocenters. The summed E-state index contributed by atoms with van der Waals surface area (Å²) in [5, 5.41) is 11.0. The number of fused-ring (bicyclic) bond motifs is 3. The van der Waals surface area contributed by atoms with Crippen LogP contribution >= 0.6 is 11.3 Å². The maximum Gasteiger partial charge on any atom is 0.316 e. The molecule has 0 fully saturated rings.